The van der Waals surface area contributed by atoms with Gasteiger partial charge in [-0.05, 0) is 41.9 Å². The summed E-state index contributed by atoms with van der Waals surface area (Å²) >= 11 is 4.67. The summed E-state index contributed by atoms with van der Waals surface area (Å²) in [4.78, 5) is 21.1. The molecule has 3 rings (SSSR count). The first-order valence-corrected chi connectivity index (χ1v) is 8.87. The van der Waals surface area contributed by atoms with E-state index < -0.39 is 0 Å². The van der Waals surface area contributed by atoms with Gasteiger partial charge in [0.1, 0.15) is 15.4 Å². The van der Waals surface area contributed by atoms with Gasteiger partial charge in [0.25, 0.3) is 5.91 Å². The molecule has 0 saturated heterocycles. The van der Waals surface area contributed by atoms with Crippen LogP contribution < -0.4 is 10.1 Å². The fraction of sp³-hybridized carbons (Fsp3) is 0.188. The van der Waals surface area contributed by atoms with Crippen LogP contribution >= 0.6 is 27.3 Å². The van der Waals surface area contributed by atoms with Crippen LogP contribution in [0.25, 0.3) is 11.1 Å². The summed E-state index contributed by atoms with van der Waals surface area (Å²) in [6.45, 7) is 3.69. The first-order valence-electron chi connectivity index (χ1n) is 7.26. The predicted molar refractivity (Wildman–Crippen MR) is 99.1 cm³/mol. The van der Waals surface area contributed by atoms with Gasteiger partial charge in [0.05, 0.1) is 18.9 Å². The second-order valence-corrected chi connectivity index (χ2v) is 7.15. The fourth-order valence-electron chi connectivity index (χ4n) is 2.27. The minimum absolute atomic E-state index is 0.311. The summed E-state index contributed by atoms with van der Waals surface area (Å²) in [5.74, 6) is 0.253. The molecule has 3 aromatic heterocycles. The van der Waals surface area contributed by atoms with E-state index in [0.29, 0.717) is 26.6 Å². The zero-order valence-electron chi connectivity index (χ0n) is 13.7. The number of methoxy groups -OCH3 is 1. The Labute approximate surface area is 156 Å². The number of hydrogen-bond donors (Lipinski definition) is 1. The lowest BCUT2D eigenvalue weighted by Gasteiger charge is -2.13. The van der Waals surface area contributed by atoms with Gasteiger partial charge in [-0.15, -0.1) is 10.2 Å². The average Bonchev–Trinajstić information content (AvgIpc) is 2.99. The van der Waals surface area contributed by atoms with Gasteiger partial charge in [-0.25, -0.2) is 4.98 Å². The molecule has 0 atom stereocenters. The molecular weight excluding hydrogens is 406 g/mol. The molecule has 0 aliphatic rings. The summed E-state index contributed by atoms with van der Waals surface area (Å²) < 4.78 is 6.04. The van der Waals surface area contributed by atoms with Crippen molar-refractivity contribution in [3.63, 3.8) is 0 Å². The number of ether oxygens (including phenoxy) is 1. The van der Waals surface area contributed by atoms with Crippen LogP contribution in [-0.4, -0.2) is 33.2 Å². The van der Waals surface area contributed by atoms with Crippen molar-refractivity contribution >= 4 is 38.3 Å². The van der Waals surface area contributed by atoms with Crippen molar-refractivity contribution in [1.82, 2.24) is 20.2 Å². The number of nitrogens with one attached hydrogen (secondary N) is 1. The van der Waals surface area contributed by atoms with Gasteiger partial charge in [-0.3, -0.25) is 15.1 Å². The second-order valence-electron chi connectivity index (χ2n) is 5.16. The molecule has 3 aromatic rings. The van der Waals surface area contributed by atoms with Crippen molar-refractivity contribution in [3.05, 3.63) is 45.4 Å². The van der Waals surface area contributed by atoms with Crippen LogP contribution in [0.2, 0.25) is 0 Å². The van der Waals surface area contributed by atoms with Gasteiger partial charge in [-0.1, -0.05) is 11.3 Å². The molecule has 0 aromatic carbocycles. The number of pyridine rings is 2. The molecule has 25 heavy (non-hydrogen) atoms. The van der Waals surface area contributed by atoms with Crippen LogP contribution in [0.1, 0.15) is 21.1 Å². The highest BCUT2D eigenvalue weighted by atomic mass is 79.9. The molecule has 0 radical (unpaired) electrons. The number of aryl methyl sites for hydroxylation is 2. The number of aromatic nitrogens is 4. The van der Waals surface area contributed by atoms with E-state index in [9.17, 15) is 4.79 Å². The molecule has 9 heteroatoms. The highest BCUT2D eigenvalue weighted by Gasteiger charge is 2.19. The maximum absolute atomic E-state index is 12.7. The number of anilines is 1. The minimum atomic E-state index is -0.311. The smallest absolute Gasteiger partial charge is 0.259 e. The Morgan fingerprint density at radius 2 is 1.96 bits per heavy atom. The molecule has 128 valence electrons. The number of carbonyl (C=O) groups is 1. The summed E-state index contributed by atoms with van der Waals surface area (Å²) in [6, 6.07) is 3.64. The molecule has 3 heterocycles. The van der Waals surface area contributed by atoms with Crippen LogP contribution in [0.15, 0.2) is 29.1 Å². The Morgan fingerprint density at radius 3 is 2.64 bits per heavy atom. The third-order valence-electron chi connectivity index (χ3n) is 3.38. The first kappa shape index (κ1) is 17.4. The van der Waals surface area contributed by atoms with Gasteiger partial charge in [-0.2, -0.15) is 0 Å². The van der Waals surface area contributed by atoms with E-state index in [1.165, 1.54) is 11.3 Å². The van der Waals surface area contributed by atoms with Crippen molar-refractivity contribution in [2.75, 3.05) is 12.4 Å². The first-order chi connectivity index (χ1) is 12.0. The topological polar surface area (TPSA) is 89.9 Å². The molecule has 0 aliphatic carbocycles. The van der Waals surface area contributed by atoms with Crippen LogP contribution in [0.5, 0.6) is 5.75 Å². The number of amides is 1. The van der Waals surface area contributed by atoms with Gasteiger partial charge in [0.2, 0.25) is 5.13 Å². The Hall–Kier alpha value is -2.39. The molecule has 0 bridgehead atoms. The van der Waals surface area contributed by atoms with Crippen LogP contribution in [0, 0.1) is 13.8 Å². The van der Waals surface area contributed by atoms with Gasteiger partial charge < -0.3 is 4.74 Å². The molecule has 1 amide bonds. The third kappa shape index (κ3) is 3.83. The van der Waals surface area contributed by atoms with Gasteiger partial charge >= 0.3 is 0 Å². The highest BCUT2D eigenvalue weighted by Crippen LogP contribution is 2.34. The normalized spacial score (nSPS) is 10.6. The maximum atomic E-state index is 12.7. The molecule has 0 fully saturated rings. The molecule has 0 aliphatic heterocycles. The lowest BCUT2D eigenvalue weighted by atomic mass is 10.0. The Balaban J connectivity index is 2.07. The zero-order valence-corrected chi connectivity index (χ0v) is 16.1. The number of carbonyl (C=O) groups excluding carboxylic acids is 1. The standard InChI is InChI=1S/C16H14BrN5O2S/c1-8-4-10(11-5-14(17)19-7-13(11)24-3)12(6-18-8)15(23)20-16-22-21-9(2)25-16/h4-7H,1-3H3,(H,20,22,23). The number of hydrogen-bond acceptors (Lipinski definition) is 7. The lowest BCUT2D eigenvalue weighted by Crippen LogP contribution is -2.14. The lowest BCUT2D eigenvalue weighted by molar-refractivity contribution is 0.102. The highest BCUT2D eigenvalue weighted by molar-refractivity contribution is 9.10. The number of halogens is 1. The number of nitrogens with zero attached hydrogens (tertiary/aromatic N) is 4. The van der Waals surface area contributed by atoms with Crippen LogP contribution in [-0.2, 0) is 0 Å². The van der Waals surface area contributed by atoms with Crippen molar-refractivity contribution in [1.29, 1.82) is 0 Å². The summed E-state index contributed by atoms with van der Waals surface area (Å²) in [7, 11) is 1.56. The third-order valence-corrected chi connectivity index (χ3v) is 4.56. The van der Waals surface area contributed by atoms with Crippen molar-refractivity contribution in [2.45, 2.75) is 13.8 Å². The fourth-order valence-corrected chi connectivity index (χ4v) is 3.18. The van der Waals surface area contributed by atoms with Gasteiger partial charge in [0, 0.05) is 23.0 Å². The molecular formula is C16H14BrN5O2S. The zero-order chi connectivity index (χ0) is 18.0. The Kier molecular flexibility index (Phi) is 5.05. The van der Waals surface area contributed by atoms with Crippen molar-refractivity contribution < 1.29 is 9.53 Å². The number of rotatable bonds is 4. The Bertz CT molecular complexity index is 944. The molecule has 0 unspecified atom stereocenters. The van der Waals surface area contributed by atoms with E-state index in [0.717, 1.165) is 16.3 Å². The van der Waals surface area contributed by atoms with Gasteiger partial charge in [0.15, 0.2) is 0 Å². The van der Waals surface area contributed by atoms with Crippen molar-refractivity contribution in [3.8, 4) is 16.9 Å². The molecule has 7 nitrogen and oxygen atoms in total. The second kappa shape index (κ2) is 7.24. The van der Waals surface area contributed by atoms with E-state index in [-0.39, 0.29) is 5.91 Å². The monoisotopic (exact) mass is 419 g/mol. The quantitative estimate of drug-likeness (QED) is 0.649. The SMILES string of the molecule is COc1cnc(Br)cc1-c1cc(C)ncc1C(=O)Nc1nnc(C)s1. The summed E-state index contributed by atoms with van der Waals surface area (Å²) in [5, 5.41) is 11.8. The molecule has 0 saturated carbocycles. The molecule has 1 N–H and O–H groups in total. The van der Waals surface area contributed by atoms with Crippen LogP contribution in [0.4, 0.5) is 5.13 Å². The largest absolute Gasteiger partial charge is 0.494 e. The average molecular weight is 420 g/mol. The van der Waals surface area contributed by atoms with Crippen LogP contribution in [0.3, 0.4) is 0 Å². The van der Waals surface area contributed by atoms with Crippen molar-refractivity contribution in [2.24, 2.45) is 0 Å². The minimum Gasteiger partial charge on any atom is -0.494 e. The van der Waals surface area contributed by atoms with E-state index >= 15 is 0 Å². The summed E-state index contributed by atoms with van der Waals surface area (Å²) in [5.41, 5.74) is 2.64. The van der Waals surface area contributed by atoms with E-state index in [2.05, 4.69) is 41.4 Å². The Morgan fingerprint density at radius 1 is 1.16 bits per heavy atom. The maximum Gasteiger partial charge on any atom is 0.259 e. The van der Waals surface area contributed by atoms with E-state index in [4.69, 9.17) is 4.74 Å². The van der Waals surface area contributed by atoms with E-state index in [1.54, 1.807) is 25.6 Å². The van der Waals surface area contributed by atoms with E-state index in [1.807, 2.05) is 19.9 Å². The summed E-state index contributed by atoms with van der Waals surface area (Å²) in [6.07, 6.45) is 3.15. The predicted octanol–water partition coefficient (Wildman–Crippen LogP) is 3.64. The molecule has 0 spiro atoms.